The molecule has 6 heteroatoms. The fourth-order valence-corrected chi connectivity index (χ4v) is 1.41. The second kappa shape index (κ2) is 3.94. The van der Waals surface area contributed by atoms with Crippen LogP contribution in [0, 0.1) is 5.82 Å². The number of halogens is 2. The number of hydrogen-bond acceptors (Lipinski definition) is 2. The van der Waals surface area contributed by atoms with Gasteiger partial charge in [-0.25, -0.2) is 9.18 Å². The summed E-state index contributed by atoms with van der Waals surface area (Å²) in [7, 11) is 0. The molecule has 0 bridgehead atoms. The topological polar surface area (TPSA) is 65.7 Å². The van der Waals surface area contributed by atoms with Crippen LogP contribution in [-0.2, 0) is 0 Å². The molecule has 2 aromatic rings. The predicted molar refractivity (Wildman–Crippen MR) is 58.1 cm³/mol. The molecular weight excluding hydrogens is 235 g/mol. The van der Waals surface area contributed by atoms with Gasteiger partial charge in [-0.2, -0.15) is 0 Å². The second-order valence-electron chi connectivity index (χ2n) is 3.11. The van der Waals surface area contributed by atoms with Gasteiger partial charge in [0.1, 0.15) is 5.82 Å². The molecule has 0 saturated heterocycles. The molecule has 0 saturated carbocycles. The number of hydrogen-bond donors (Lipinski definition) is 2. The molecule has 0 amide bonds. The molecule has 4 nitrogen and oxygen atoms in total. The van der Waals surface area contributed by atoms with Crippen LogP contribution in [0.15, 0.2) is 34.0 Å². The van der Waals surface area contributed by atoms with Gasteiger partial charge in [-0.1, -0.05) is 17.7 Å². The molecule has 0 aliphatic rings. The first-order chi connectivity index (χ1) is 7.58. The van der Waals surface area contributed by atoms with E-state index in [0.717, 1.165) is 6.07 Å². The predicted octanol–water partition coefficient (Wildman–Crippen LogP) is 1.52. The van der Waals surface area contributed by atoms with E-state index in [2.05, 4.69) is 4.98 Å². The third kappa shape index (κ3) is 1.90. The van der Waals surface area contributed by atoms with Gasteiger partial charge in [-0.3, -0.25) is 9.78 Å². The minimum absolute atomic E-state index is 0.0235. The third-order valence-corrected chi connectivity index (χ3v) is 2.36. The van der Waals surface area contributed by atoms with E-state index >= 15 is 0 Å². The molecule has 2 rings (SSSR count). The molecule has 2 N–H and O–H groups in total. The van der Waals surface area contributed by atoms with Crippen LogP contribution >= 0.6 is 11.6 Å². The highest BCUT2D eigenvalue weighted by Gasteiger charge is 2.06. The second-order valence-corrected chi connectivity index (χ2v) is 3.52. The van der Waals surface area contributed by atoms with Gasteiger partial charge in [0.15, 0.2) is 0 Å². The Labute approximate surface area is 93.7 Å². The van der Waals surface area contributed by atoms with Crippen LogP contribution in [0.1, 0.15) is 0 Å². The molecule has 16 heavy (non-hydrogen) atoms. The van der Waals surface area contributed by atoms with E-state index in [1.807, 2.05) is 4.98 Å². The van der Waals surface area contributed by atoms with E-state index in [1.165, 1.54) is 18.3 Å². The normalized spacial score (nSPS) is 10.4. The zero-order valence-electron chi connectivity index (χ0n) is 7.88. The lowest BCUT2D eigenvalue weighted by molar-refractivity contribution is 0.629. The first-order valence-electron chi connectivity index (χ1n) is 4.35. The molecule has 0 aliphatic carbocycles. The Balaban J connectivity index is 2.63. The highest BCUT2D eigenvalue weighted by molar-refractivity contribution is 6.30. The number of H-pyrrole nitrogens is 2. The quantitative estimate of drug-likeness (QED) is 0.794. The summed E-state index contributed by atoms with van der Waals surface area (Å²) in [6.45, 7) is 0. The summed E-state index contributed by atoms with van der Waals surface area (Å²) >= 11 is 5.51. The van der Waals surface area contributed by atoms with E-state index in [-0.39, 0.29) is 10.6 Å². The lowest BCUT2D eigenvalue weighted by Crippen LogP contribution is -2.22. The van der Waals surface area contributed by atoms with Gasteiger partial charge < -0.3 is 4.98 Å². The van der Waals surface area contributed by atoms with Crippen molar-refractivity contribution < 1.29 is 4.39 Å². The Kier molecular flexibility index (Phi) is 2.62. The molecule has 82 valence electrons. The van der Waals surface area contributed by atoms with Crippen molar-refractivity contribution in [3.8, 4) is 11.1 Å². The molecule has 0 fully saturated rings. The number of aromatic nitrogens is 2. The molecule has 1 aromatic carbocycles. The number of aromatic amines is 2. The van der Waals surface area contributed by atoms with Gasteiger partial charge in [0, 0.05) is 6.20 Å². The van der Waals surface area contributed by atoms with Crippen LogP contribution in [-0.4, -0.2) is 9.97 Å². The molecule has 0 spiro atoms. The molecule has 0 radical (unpaired) electrons. The van der Waals surface area contributed by atoms with Crippen LogP contribution in [0.5, 0.6) is 0 Å². The summed E-state index contributed by atoms with van der Waals surface area (Å²) in [5.41, 5.74) is -0.664. The third-order valence-electron chi connectivity index (χ3n) is 2.05. The van der Waals surface area contributed by atoms with Gasteiger partial charge in [0.2, 0.25) is 0 Å². The fraction of sp³-hybridized carbons (Fsp3) is 0. The number of nitrogens with one attached hydrogen (secondary N) is 2. The van der Waals surface area contributed by atoms with Gasteiger partial charge in [-0.05, 0) is 17.7 Å². The van der Waals surface area contributed by atoms with Crippen molar-refractivity contribution >= 4 is 11.6 Å². The zero-order valence-corrected chi connectivity index (χ0v) is 8.64. The summed E-state index contributed by atoms with van der Waals surface area (Å²) in [5, 5.41) is -0.0235. The van der Waals surface area contributed by atoms with Crippen LogP contribution in [0.4, 0.5) is 4.39 Å². The molecule has 0 unspecified atom stereocenters. The van der Waals surface area contributed by atoms with E-state index in [0.29, 0.717) is 5.56 Å². The largest absolute Gasteiger partial charge is 0.325 e. The van der Waals surface area contributed by atoms with Crippen molar-refractivity contribution in [3.63, 3.8) is 0 Å². The highest BCUT2D eigenvalue weighted by Crippen LogP contribution is 2.20. The average Bonchev–Trinajstić information content (AvgIpc) is 2.22. The maximum Gasteiger partial charge on any atom is 0.325 e. The van der Waals surface area contributed by atoms with Crippen molar-refractivity contribution in [2.24, 2.45) is 0 Å². The van der Waals surface area contributed by atoms with Gasteiger partial charge in [0.05, 0.1) is 10.6 Å². The van der Waals surface area contributed by atoms with E-state index in [4.69, 9.17) is 11.6 Å². The van der Waals surface area contributed by atoms with Crippen molar-refractivity contribution in [2.45, 2.75) is 0 Å². The van der Waals surface area contributed by atoms with Gasteiger partial charge in [-0.15, -0.1) is 0 Å². The molecule has 0 aliphatic heterocycles. The summed E-state index contributed by atoms with van der Waals surface area (Å²) in [6, 6.07) is 3.97. The maximum absolute atomic E-state index is 13.2. The fourth-order valence-electron chi connectivity index (χ4n) is 1.29. The van der Waals surface area contributed by atoms with Gasteiger partial charge >= 0.3 is 5.69 Å². The first kappa shape index (κ1) is 10.6. The summed E-state index contributed by atoms with van der Waals surface area (Å²) in [5.74, 6) is -0.621. The standard InChI is InChI=1S/C10H6ClFN2O2/c11-7-2-1-5(3-8(7)12)6-4-13-10(16)14-9(6)15/h1-4H,(H2,13,14,15,16). The lowest BCUT2D eigenvalue weighted by atomic mass is 10.1. The van der Waals surface area contributed by atoms with E-state index in [1.54, 1.807) is 0 Å². The monoisotopic (exact) mass is 240 g/mol. The minimum Gasteiger partial charge on any atom is -0.313 e. The Bertz CT molecular complexity index is 648. The van der Waals surface area contributed by atoms with Crippen LogP contribution < -0.4 is 11.2 Å². The molecule has 1 aromatic heterocycles. The zero-order chi connectivity index (χ0) is 11.7. The van der Waals surface area contributed by atoms with Gasteiger partial charge in [0.25, 0.3) is 5.56 Å². The minimum atomic E-state index is -0.621. The SMILES string of the molecule is O=c1[nH]cc(-c2ccc(Cl)c(F)c2)c(=O)[nH]1. The highest BCUT2D eigenvalue weighted by atomic mass is 35.5. The van der Waals surface area contributed by atoms with E-state index in [9.17, 15) is 14.0 Å². The maximum atomic E-state index is 13.2. The van der Waals surface area contributed by atoms with E-state index < -0.39 is 17.1 Å². The van der Waals surface area contributed by atoms with Crippen molar-refractivity contribution in [1.29, 1.82) is 0 Å². The summed E-state index contributed by atoms with van der Waals surface area (Å²) in [4.78, 5) is 26.6. The Morgan fingerprint density at radius 2 is 2.00 bits per heavy atom. The Morgan fingerprint density at radius 3 is 2.62 bits per heavy atom. The van der Waals surface area contributed by atoms with Crippen molar-refractivity contribution in [2.75, 3.05) is 0 Å². The smallest absolute Gasteiger partial charge is 0.313 e. The average molecular weight is 241 g/mol. The Morgan fingerprint density at radius 1 is 1.25 bits per heavy atom. The van der Waals surface area contributed by atoms with Crippen LogP contribution in [0.3, 0.4) is 0 Å². The molecule has 1 heterocycles. The van der Waals surface area contributed by atoms with Crippen molar-refractivity contribution in [3.05, 3.63) is 56.1 Å². The summed E-state index contributed by atoms with van der Waals surface area (Å²) in [6.07, 6.45) is 1.23. The lowest BCUT2D eigenvalue weighted by Gasteiger charge is -2.00. The summed E-state index contributed by atoms with van der Waals surface area (Å²) < 4.78 is 13.2. The van der Waals surface area contributed by atoms with Crippen LogP contribution in [0.25, 0.3) is 11.1 Å². The number of benzene rings is 1. The number of rotatable bonds is 1. The molecule has 0 atom stereocenters. The molecular formula is C10H6ClFN2O2. The first-order valence-corrected chi connectivity index (χ1v) is 4.73. The van der Waals surface area contributed by atoms with Crippen molar-refractivity contribution in [1.82, 2.24) is 9.97 Å². The van der Waals surface area contributed by atoms with Crippen LogP contribution in [0.2, 0.25) is 5.02 Å². The Hall–Kier alpha value is -1.88.